The molecule has 12 aromatic carbocycles. The maximum atomic E-state index is 2.33. The highest BCUT2D eigenvalue weighted by atomic mass is 15.2. The summed E-state index contributed by atoms with van der Waals surface area (Å²) >= 11 is 0. The molecular weight excluding hydrogens is 945 g/mol. The highest BCUT2D eigenvalue weighted by Gasteiger charge is 2.19. The van der Waals surface area contributed by atoms with E-state index >= 15 is 0 Å². The molecule has 0 heterocycles. The van der Waals surface area contributed by atoms with Crippen LogP contribution in [-0.4, -0.2) is 0 Å². The Labute approximate surface area is 459 Å². The van der Waals surface area contributed by atoms with Crippen LogP contribution in [0.5, 0.6) is 0 Å². The quantitative estimate of drug-likeness (QED) is 0.101. The lowest BCUT2D eigenvalue weighted by molar-refractivity contribution is 1.25. The average Bonchev–Trinajstić information content (AvgIpc) is 3.56. The van der Waals surface area contributed by atoms with Crippen LogP contribution in [-0.2, 0) is 0 Å². The molecule has 0 aliphatic rings. The van der Waals surface area contributed by atoms with Crippen molar-refractivity contribution >= 4 is 68.2 Å². The number of hydrogen-bond donors (Lipinski definition) is 0. The van der Waals surface area contributed by atoms with Gasteiger partial charge in [0.2, 0.25) is 0 Å². The van der Waals surface area contributed by atoms with Gasteiger partial charge in [0.1, 0.15) is 0 Å². The van der Waals surface area contributed by atoms with E-state index in [1.54, 1.807) is 0 Å². The van der Waals surface area contributed by atoms with Crippen LogP contribution < -0.4 is 19.6 Å². The van der Waals surface area contributed by atoms with E-state index in [1.807, 2.05) is 0 Å². The zero-order chi connectivity index (χ0) is 52.6. The van der Waals surface area contributed by atoms with E-state index in [1.165, 1.54) is 27.8 Å². The van der Waals surface area contributed by atoms with Crippen molar-refractivity contribution in [3.05, 3.63) is 327 Å². The number of hydrogen-bond acceptors (Lipinski definition) is 4. The average molecular weight is 1000 g/mol. The molecule has 0 aliphatic heterocycles. The van der Waals surface area contributed by atoms with Crippen molar-refractivity contribution in [2.24, 2.45) is 0 Å². The van der Waals surface area contributed by atoms with Gasteiger partial charge in [-0.05, 0) is 193 Å². The molecule has 0 saturated heterocycles. The standard InChI is InChI=1S/C74H58N4/c1-55-26-40-67(41-27-55)75(63-17-7-3-8-18-63)70-46-48-72(49-47-70)77(65-21-11-5-12-22-65)69-44-38-60(39-45-69)59-32-30-57(31-33-59)58-34-36-61(37-35-58)62-16-15-25-74(54-62)78(66-23-13-6-14-24-66)73-52-50-71(51-53-73)76(64-19-9-4-10-20-64)68-42-28-56(2)29-43-68/h3-54H,1-2H3. The van der Waals surface area contributed by atoms with Gasteiger partial charge >= 0.3 is 0 Å². The summed E-state index contributed by atoms with van der Waals surface area (Å²) in [4.78, 5) is 9.27. The SMILES string of the molecule is Cc1ccc(N(c2ccccc2)c2ccc(N(c3ccccc3)c3ccc(-c4ccc(-c5ccc(-c6cccc(N(c7ccccc7)c7ccc(N(c8ccccc8)c8ccc(C)cc8)cc7)c6)cc5)cc4)cc3)cc2)cc1. The molecule has 374 valence electrons. The molecule has 0 aromatic heterocycles. The molecule has 0 amide bonds. The molecule has 0 N–H and O–H groups in total. The third-order valence-electron chi connectivity index (χ3n) is 14.4. The Morgan fingerprint density at radius 2 is 0.346 bits per heavy atom. The minimum Gasteiger partial charge on any atom is -0.311 e. The van der Waals surface area contributed by atoms with Gasteiger partial charge < -0.3 is 19.6 Å². The molecule has 4 heteroatoms. The summed E-state index contributed by atoms with van der Waals surface area (Å²) in [6, 6.07) is 113. The van der Waals surface area contributed by atoms with E-state index < -0.39 is 0 Å². The molecule has 12 aromatic rings. The highest BCUT2D eigenvalue weighted by Crippen LogP contribution is 2.42. The Morgan fingerprint density at radius 1 is 0.154 bits per heavy atom. The number of para-hydroxylation sites is 4. The van der Waals surface area contributed by atoms with Crippen LogP contribution in [0.2, 0.25) is 0 Å². The van der Waals surface area contributed by atoms with Crippen molar-refractivity contribution in [2.45, 2.75) is 13.8 Å². The first-order valence-corrected chi connectivity index (χ1v) is 26.6. The van der Waals surface area contributed by atoms with Crippen molar-refractivity contribution in [3.8, 4) is 33.4 Å². The number of anilines is 12. The molecule has 0 spiro atoms. The number of aryl methyl sites for hydroxylation is 2. The van der Waals surface area contributed by atoms with Crippen molar-refractivity contribution in [1.29, 1.82) is 0 Å². The van der Waals surface area contributed by atoms with E-state index in [-0.39, 0.29) is 0 Å². The zero-order valence-corrected chi connectivity index (χ0v) is 43.8. The van der Waals surface area contributed by atoms with Gasteiger partial charge in [0, 0.05) is 68.2 Å². The Balaban J connectivity index is 0.769. The van der Waals surface area contributed by atoms with Crippen molar-refractivity contribution in [2.75, 3.05) is 19.6 Å². The fourth-order valence-corrected chi connectivity index (χ4v) is 10.3. The first-order chi connectivity index (χ1) is 38.5. The second kappa shape index (κ2) is 22.4. The lowest BCUT2D eigenvalue weighted by atomic mass is 9.97. The Morgan fingerprint density at radius 3 is 0.628 bits per heavy atom. The fraction of sp³-hybridized carbons (Fsp3) is 0.0270. The first-order valence-electron chi connectivity index (χ1n) is 26.6. The highest BCUT2D eigenvalue weighted by molar-refractivity contribution is 5.85. The summed E-state index contributed by atoms with van der Waals surface area (Å²) in [5, 5.41) is 0. The van der Waals surface area contributed by atoms with E-state index in [2.05, 4.69) is 349 Å². The van der Waals surface area contributed by atoms with Gasteiger partial charge in [0.25, 0.3) is 0 Å². The summed E-state index contributed by atoms with van der Waals surface area (Å²) in [5.74, 6) is 0. The van der Waals surface area contributed by atoms with E-state index in [4.69, 9.17) is 0 Å². The topological polar surface area (TPSA) is 13.0 Å². The molecule has 12 rings (SSSR count). The lowest BCUT2D eigenvalue weighted by Crippen LogP contribution is -2.12. The van der Waals surface area contributed by atoms with E-state index in [0.29, 0.717) is 0 Å². The second-order valence-electron chi connectivity index (χ2n) is 19.6. The van der Waals surface area contributed by atoms with Crippen molar-refractivity contribution in [1.82, 2.24) is 0 Å². The predicted molar refractivity (Wildman–Crippen MR) is 331 cm³/mol. The third kappa shape index (κ3) is 10.6. The predicted octanol–water partition coefficient (Wildman–Crippen LogP) is 21.2. The molecule has 4 nitrogen and oxygen atoms in total. The van der Waals surface area contributed by atoms with Gasteiger partial charge in [-0.15, -0.1) is 0 Å². The summed E-state index contributed by atoms with van der Waals surface area (Å²) in [5.41, 5.74) is 22.7. The van der Waals surface area contributed by atoms with E-state index in [9.17, 15) is 0 Å². The summed E-state index contributed by atoms with van der Waals surface area (Å²) < 4.78 is 0. The van der Waals surface area contributed by atoms with Crippen LogP contribution in [0, 0.1) is 13.8 Å². The van der Waals surface area contributed by atoms with Crippen LogP contribution in [0.25, 0.3) is 33.4 Å². The normalized spacial score (nSPS) is 10.9. The maximum Gasteiger partial charge on any atom is 0.0467 e. The molecule has 0 unspecified atom stereocenters. The van der Waals surface area contributed by atoms with Crippen molar-refractivity contribution in [3.63, 3.8) is 0 Å². The molecule has 0 saturated carbocycles. The van der Waals surface area contributed by atoms with E-state index in [0.717, 1.165) is 84.9 Å². The van der Waals surface area contributed by atoms with Gasteiger partial charge in [0.05, 0.1) is 0 Å². The van der Waals surface area contributed by atoms with Crippen molar-refractivity contribution < 1.29 is 0 Å². The maximum absolute atomic E-state index is 2.33. The Hall–Kier alpha value is -10.2. The van der Waals surface area contributed by atoms with Gasteiger partial charge in [-0.2, -0.15) is 0 Å². The van der Waals surface area contributed by atoms with Crippen LogP contribution in [0.15, 0.2) is 315 Å². The largest absolute Gasteiger partial charge is 0.311 e. The molecule has 0 fully saturated rings. The molecule has 0 radical (unpaired) electrons. The first kappa shape index (κ1) is 48.8. The summed E-state index contributed by atoms with van der Waals surface area (Å²) in [7, 11) is 0. The van der Waals surface area contributed by atoms with Gasteiger partial charge in [-0.3, -0.25) is 0 Å². The lowest BCUT2D eigenvalue weighted by Gasteiger charge is -2.28. The molecular formula is C74H58N4. The third-order valence-corrected chi connectivity index (χ3v) is 14.4. The summed E-state index contributed by atoms with van der Waals surface area (Å²) in [6.45, 7) is 4.25. The molecule has 0 bridgehead atoms. The van der Waals surface area contributed by atoms with Crippen LogP contribution in [0.1, 0.15) is 11.1 Å². The minimum absolute atomic E-state index is 1.08. The van der Waals surface area contributed by atoms with Crippen LogP contribution >= 0.6 is 0 Å². The van der Waals surface area contributed by atoms with Gasteiger partial charge in [-0.1, -0.05) is 181 Å². The minimum atomic E-state index is 1.08. The number of benzene rings is 12. The zero-order valence-electron chi connectivity index (χ0n) is 43.8. The Bertz CT molecular complexity index is 3850. The second-order valence-corrected chi connectivity index (χ2v) is 19.6. The molecule has 0 atom stereocenters. The van der Waals surface area contributed by atoms with Crippen LogP contribution in [0.3, 0.4) is 0 Å². The molecule has 0 aliphatic carbocycles. The summed E-state index contributed by atoms with van der Waals surface area (Å²) in [6.07, 6.45) is 0. The van der Waals surface area contributed by atoms with Crippen LogP contribution in [0.4, 0.5) is 68.2 Å². The van der Waals surface area contributed by atoms with Gasteiger partial charge in [-0.25, -0.2) is 0 Å². The smallest absolute Gasteiger partial charge is 0.0467 e. The number of nitrogens with zero attached hydrogens (tertiary/aromatic N) is 4. The van der Waals surface area contributed by atoms with Gasteiger partial charge in [0.15, 0.2) is 0 Å². The fourth-order valence-electron chi connectivity index (χ4n) is 10.3. The Kier molecular flexibility index (Phi) is 14.0. The monoisotopic (exact) mass is 1000 g/mol. The molecule has 78 heavy (non-hydrogen) atoms. The number of rotatable bonds is 15.